The lowest BCUT2D eigenvalue weighted by molar-refractivity contribution is 0.514. The van der Waals surface area contributed by atoms with Crippen molar-refractivity contribution in [3.05, 3.63) is 18.1 Å². The molecule has 1 aliphatic carbocycles. The van der Waals surface area contributed by atoms with Gasteiger partial charge in [0, 0.05) is 0 Å². The van der Waals surface area contributed by atoms with Crippen LogP contribution in [0, 0.1) is 11.3 Å². The third-order valence-corrected chi connectivity index (χ3v) is 2.06. The van der Waals surface area contributed by atoms with Gasteiger partial charge in [0.25, 0.3) is 0 Å². The molecule has 1 radical (unpaired) electrons. The average molecular weight is 109 g/mol. The molecule has 0 aromatic heterocycles. The highest BCUT2D eigenvalue weighted by atomic mass is 14.3. The Labute approximate surface area is 51.6 Å². The van der Waals surface area contributed by atoms with E-state index in [4.69, 9.17) is 0 Å². The van der Waals surface area contributed by atoms with Gasteiger partial charge in [-0.15, -0.1) is 0 Å². The van der Waals surface area contributed by atoms with E-state index in [2.05, 4.69) is 32.9 Å². The van der Waals surface area contributed by atoms with Crippen molar-refractivity contribution in [1.29, 1.82) is 0 Å². The van der Waals surface area contributed by atoms with Crippen LogP contribution in [0.3, 0.4) is 0 Å². The highest BCUT2D eigenvalue weighted by Crippen LogP contribution is 2.37. The predicted octanol–water partition coefficient (Wildman–Crippen LogP) is 2.57. The summed E-state index contributed by atoms with van der Waals surface area (Å²) in [6, 6.07) is 0. The van der Waals surface area contributed by atoms with E-state index in [1.165, 1.54) is 6.42 Å². The van der Waals surface area contributed by atoms with Gasteiger partial charge in [-0.2, -0.15) is 0 Å². The van der Waals surface area contributed by atoms with Gasteiger partial charge in [0.1, 0.15) is 0 Å². The summed E-state index contributed by atoms with van der Waals surface area (Å²) < 4.78 is 0. The van der Waals surface area contributed by atoms with Crippen LogP contribution in [0.1, 0.15) is 27.2 Å². The first-order chi connectivity index (χ1) is 3.63. The number of allylic oxidation sites excluding steroid dienone is 2. The maximum atomic E-state index is 2.28. The normalized spacial score (nSPS) is 26.9. The van der Waals surface area contributed by atoms with Crippen molar-refractivity contribution < 1.29 is 0 Å². The summed E-state index contributed by atoms with van der Waals surface area (Å²) in [5.41, 5.74) is 0.389. The van der Waals surface area contributed by atoms with Crippen molar-refractivity contribution in [2.45, 2.75) is 27.2 Å². The maximum Gasteiger partial charge on any atom is -0.0112 e. The molecule has 0 heteroatoms. The van der Waals surface area contributed by atoms with E-state index in [0.717, 1.165) is 0 Å². The Morgan fingerprint density at radius 1 is 1.50 bits per heavy atom. The maximum absolute atomic E-state index is 2.28. The fourth-order valence-corrected chi connectivity index (χ4v) is 0.936. The third kappa shape index (κ3) is 0.795. The van der Waals surface area contributed by atoms with Crippen LogP contribution in [-0.4, -0.2) is 0 Å². The summed E-state index contributed by atoms with van der Waals surface area (Å²) >= 11 is 0. The summed E-state index contributed by atoms with van der Waals surface area (Å²) in [5.74, 6) is 1.58. The molecular weight excluding hydrogens is 96.1 g/mol. The summed E-state index contributed by atoms with van der Waals surface area (Å²) in [6.45, 7) is 6.73. The zero-order valence-electron chi connectivity index (χ0n) is 5.86. The largest absolute Gasteiger partial charge is 0.0874 e. The Morgan fingerprint density at radius 2 is 2.12 bits per heavy atom. The topological polar surface area (TPSA) is 0 Å². The molecule has 0 atom stereocenters. The SMILES string of the molecule is C[C]1CC=CC1(C)C. The molecule has 1 aliphatic rings. The van der Waals surface area contributed by atoms with Crippen molar-refractivity contribution in [2.75, 3.05) is 0 Å². The van der Waals surface area contributed by atoms with Crippen molar-refractivity contribution in [2.24, 2.45) is 5.41 Å². The van der Waals surface area contributed by atoms with Gasteiger partial charge in [-0.3, -0.25) is 0 Å². The fourth-order valence-electron chi connectivity index (χ4n) is 0.936. The highest BCUT2D eigenvalue weighted by molar-refractivity contribution is 5.20. The molecule has 0 aromatic carbocycles. The van der Waals surface area contributed by atoms with Crippen LogP contribution in [0.5, 0.6) is 0 Å². The second-order valence-corrected chi connectivity index (χ2v) is 3.11. The molecule has 0 bridgehead atoms. The smallest absolute Gasteiger partial charge is 0.0112 e. The van der Waals surface area contributed by atoms with Crippen molar-refractivity contribution >= 4 is 0 Å². The predicted molar refractivity (Wildman–Crippen MR) is 36.5 cm³/mol. The summed E-state index contributed by atoms with van der Waals surface area (Å²) in [6.07, 6.45) is 5.71. The van der Waals surface area contributed by atoms with E-state index >= 15 is 0 Å². The van der Waals surface area contributed by atoms with Crippen molar-refractivity contribution in [1.82, 2.24) is 0 Å². The van der Waals surface area contributed by atoms with Gasteiger partial charge >= 0.3 is 0 Å². The molecule has 0 nitrogen and oxygen atoms in total. The second-order valence-electron chi connectivity index (χ2n) is 3.11. The van der Waals surface area contributed by atoms with E-state index in [0.29, 0.717) is 5.41 Å². The summed E-state index contributed by atoms with van der Waals surface area (Å²) in [5, 5.41) is 0. The zero-order chi connectivity index (χ0) is 6.20. The van der Waals surface area contributed by atoms with Crippen LogP contribution < -0.4 is 0 Å². The van der Waals surface area contributed by atoms with Gasteiger partial charge in [-0.1, -0.05) is 32.9 Å². The van der Waals surface area contributed by atoms with Gasteiger partial charge < -0.3 is 0 Å². The van der Waals surface area contributed by atoms with Crippen LogP contribution in [0.25, 0.3) is 0 Å². The van der Waals surface area contributed by atoms with Gasteiger partial charge in [0.05, 0.1) is 0 Å². The van der Waals surface area contributed by atoms with Crippen LogP contribution >= 0.6 is 0 Å². The first-order valence-corrected chi connectivity index (χ1v) is 3.13. The quantitative estimate of drug-likeness (QED) is 0.419. The number of hydrogen-bond donors (Lipinski definition) is 0. The molecule has 8 heavy (non-hydrogen) atoms. The molecule has 0 aliphatic heterocycles. The minimum absolute atomic E-state index is 0.389. The van der Waals surface area contributed by atoms with Gasteiger partial charge in [-0.25, -0.2) is 0 Å². The molecule has 0 unspecified atom stereocenters. The lowest BCUT2D eigenvalue weighted by Gasteiger charge is -2.20. The molecular formula is C8H13. The molecule has 0 spiro atoms. The van der Waals surface area contributed by atoms with Crippen LogP contribution in [0.4, 0.5) is 0 Å². The first-order valence-electron chi connectivity index (χ1n) is 3.13. The Bertz CT molecular complexity index is 109. The van der Waals surface area contributed by atoms with Gasteiger partial charge in [0.2, 0.25) is 0 Å². The minimum Gasteiger partial charge on any atom is -0.0874 e. The van der Waals surface area contributed by atoms with Gasteiger partial charge in [0.15, 0.2) is 0 Å². The molecule has 45 valence electrons. The monoisotopic (exact) mass is 109 g/mol. The molecule has 1 rings (SSSR count). The second kappa shape index (κ2) is 1.61. The summed E-state index contributed by atoms with van der Waals surface area (Å²) in [4.78, 5) is 0. The van der Waals surface area contributed by atoms with Gasteiger partial charge in [-0.05, 0) is 17.8 Å². The van der Waals surface area contributed by atoms with Crippen LogP contribution in [0.2, 0.25) is 0 Å². The first kappa shape index (κ1) is 5.87. The molecule has 0 saturated heterocycles. The minimum atomic E-state index is 0.389. The van der Waals surface area contributed by atoms with Crippen molar-refractivity contribution in [3.8, 4) is 0 Å². The molecule has 0 N–H and O–H groups in total. The van der Waals surface area contributed by atoms with E-state index < -0.39 is 0 Å². The lowest BCUT2D eigenvalue weighted by atomic mass is 9.84. The van der Waals surface area contributed by atoms with Crippen LogP contribution in [-0.2, 0) is 0 Å². The van der Waals surface area contributed by atoms with E-state index in [-0.39, 0.29) is 0 Å². The van der Waals surface area contributed by atoms with E-state index in [9.17, 15) is 0 Å². The Morgan fingerprint density at radius 3 is 2.25 bits per heavy atom. The molecule has 0 saturated carbocycles. The highest BCUT2D eigenvalue weighted by Gasteiger charge is 2.25. The number of hydrogen-bond acceptors (Lipinski definition) is 0. The lowest BCUT2D eigenvalue weighted by Crippen LogP contribution is -2.10. The van der Waals surface area contributed by atoms with E-state index in [1.807, 2.05) is 0 Å². The Hall–Kier alpha value is -0.260. The standard InChI is InChI=1S/C8H13/c1-7-5-4-6-8(7,2)3/h4,6H,5H2,1-3H3. The molecule has 0 heterocycles. The Balaban J connectivity index is 2.67. The zero-order valence-corrected chi connectivity index (χ0v) is 5.86. The molecule has 0 amide bonds. The fraction of sp³-hybridized carbons (Fsp3) is 0.625. The molecule has 0 aromatic rings. The average Bonchev–Trinajstić information content (AvgIpc) is 1.86. The van der Waals surface area contributed by atoms with E-state index in [1.54, 1.807) is 5.92 Å². The molecule has 0 fully saturated rings. The summed E-state index contributed by atoms with van der Waals surface area (Å²) in [7, 11) is 0. The Kier molecular flexibility index (Phi) is 1.18. The number of rotatable bonds is 0. The van der Waals surface area contributed by atoms with Crippen LogP contribution in [0.15, 0.2) is 12.2 Å². The van der Waals surface area contributed by atoms with Crippen molar-refractivity contribution in [3.63, 3.8) is 0 Å². The third-order valence-electron chi connectivity index (χ3n) is 2.06.